The molecule has 10 heteroatoms. The molecule has 2 aliphatic rings. The summed E-state index contributed by atoms with van der Waals surface area (Å²) in [4.78, 5) is 11.3. The molecule has 1 aromatic heterocycles. The highest BCUT2D eigenvalue weighted by Gasteiger charge is 2.41. The Balaban J connectivity index is 0.00000304. The van der Waals surface area contributed by atoms with Crippen molar-refractivity contribution >= 4 is 62.3 Å². The number of fused-ring (bicyclic) bond motifs is 2. The maximum Gasteiger partial charge on any atom is 0.166 e. The molecule has 0 radical (unpaired) electrons. The normalized spacial score (nSPS) is 21.5. The van der Waals surface area contributed by atoms with E-state index in [0.717, 1.165) is 11.8 Å². The van der Waals surface area contributed by atoms with Crippen LogP contribution in [-0.4, -0.2) is 47.7 Å². The van der Waals surface area contributed by atoms with E-state index in [2.05, 4.69) is 50.0 Å². The Morgan fingerprint density at radius 2 is 1.89 bits per heavy atom. The van der Waals surface area contributed by atoms with E-state index in [1.807, 2.05) is 12.1 Å². The van der Waals surface area contributed by atoms with Gasteiger partial charge in [0.05, 0.1) is 29.9 Å². The van der Waals surface area contributed by atoms with Gasteiger partial charge in [-0.1, -0.05) is 11.6 Å². The minimum Gasteiger partial charge on any atom is -0.493 e. The molecule has 2 fully saturated rings. The van der Waals surface area contributed by atoms with Crippen LogP contribution in [0.5, 0.6) is 11.5 Å². The quantitative estimate of drug-likeness (QED) is 0.292. The van der Waals surface area contributed by atoms with Gasteiger partial charge in [0.15, 0.2) is 17.3 Å². The summed E-state index contributed by atoms with van der Waals surface area (Å²) in [5.41, 5.74) is 0.901. The molecule has 2 aromatic carbocycles. The number of likely N-dealkylation sites (tertiary alicyclic amines) is 1. The molecule has 1 saturated carbocycles. The van der Waals surface area contributed by atoms with E-state index in [0.29, 0.717) is 51.3 Å². The molecule has 1 aliphatic carbocycles. The van der Waals surface area contributed by atoms with Crippen LogP contribution >= 0.6 is 39.9 Å². The summed E-state index contributed by atoms with van der Waals surface area (Å²) < 4.78 is 27.0. The van der Waals surface area contributed by atoms with Gasteiger partial charge in [-0.2, -0.15) is 0 Å². The van der Waals surface area contributed by atoms with Crippen molar-refractivity contribution in [1.29, 1.82) is 0 Å². The Labute approximate surface area is 230 Å². The minimum atomic E-state index is -0.558. The molecule has 3 aromatic rings. The Morgan fingerprint density at radius 3 is 2.56 bits per heavy atom. The summed E-state index contributed by atoms with van der Waals surface area (Å²) >= 11 is 9.28. The number of methoxy groups -OCH3 is 1. The maximum atomic E-state index is 14.6. The van der Waals surface area contributed by atoms with Crippen LogP contribution in [0.1, 0.15) is 26.7 Å². The Hall–Kier alpha value is -1.87. The van der Waals surface area contributed by atoms with Crippen LogP contribution in [0.15, 0.2) is 35.1 Å². The van der Waals surface area contributed by atoms with Crippen LogP contribution in [0.4, 0.5) is 15.9 Å². The molecule has 36 heavy (non-hydrogen) atoms. The molecule has 1 saturated heterocycles. The zero-order valence-corrected chi connectivity index (χ0v) is 23.6. The monoisotopic (exact) mass is 598 g/mol. The predicted octanol–water partition coefficient (Wildman–Crippen LogP) is 7.10. The second-order valence-corrected chi connectivity index (χ2v) is 11.0. The number of hydrogen-bond donors (Lipinski definition) is 1. The Kier molecular flexibility index (Phi) is 8.49. The number of ether oxygens (including phenoxy) is 2. The third kappa shape index (κ3) is 5.37. The van der Waals surface area contributed by atoms with E-state index in [1.165, 1.54) is 32.3 Å². The molecule has 1 N–H and O–H groups in total. The average Bonchev–Trinajstić information content (AvgIpc) is 3.42. The Bertz CT molecular complexity index is 1230. The number of halogens is 4. The van der Waals surface area contributed by atoms with Crippen LogP contribution in [0.3, 0.4) is 0 Å². The fourth-order valence-corrected chi connectivity index (χ4v) is 5.88. The van der Waals surface area contributed by atoms with Crippen molar-refractivity contribution in [1.82, 2.24) is 14.9 Å². The van der Waals surface area contributed by atoms with Gasteiger partial charge in [-0.3, -0.25) is 0 Å². The fourth-order valence-electron chi connectivity index (χ4n) is 5.41. The van der Waals surface area contributed by atoms with Gasteiger partial charge < -0.3 is 19.7 Å². The standard InChI is InChI=1S/C26H29BrClFN4O2.ClH/c1-14(2)33-10-16-6-15(7-17(16)11-33)12-35-23-9-21-18(8-22(23)34-3)26(31-13-30-21)32-20-5-4-19(27)24(28)25(20)29;/h4-5,8-9,13-17H,6-7,10-12H2,1-3H3,(H,30,31,32);1H/t15-,16+,17-;. The van der Waals surface area contributed by atoms with Crippen LogP contribution in [0.25, 0.3) is 10.9 Å². The third-order valence-electron chi connectivity index (χ3n) is 7.29. The molecule has 1 aliphatic heterocycles. The van der Waals surface area contributed by atoms with Gasteiger partial charge in [0, 0.05) is 35.1 Å². The van der Waals surface area contributed by atoms with Crippen molar-refractivity contribution in [3.05, 3.63) is 45.9 Å². The van der Waals surface area contributed by atoms with Crippen molar-refractivity contribution in [3.8, 4) is 11.5 Å². The molecule has 5 rings (SSSR count). The molecule has 0 unspecified atom stereocenters. The molecule has 0 spiro atoms. The third-order valence-corrected chi connectivity index (χ3v) is 8.55. The van der Waals surface area contributed by atoms with Crippen molar-refractivity contribution in [3.63, 3.8) is 0 Å². The number of rotatable bonds is 7. The van der Waals surface area contributed by atoms with Gasteiger partial charge in [-0.15, -0.1) is 12.4 Å². The Morgan fingerprint density at radius 1 is 1.17 bits per heavy atom. The number of anilines is 2. The molecule has 2 heterocycles. The van der Waals surface area contributed by atoms with Gasteiger partial charge >= 0.3 is 0 Å². The number of nitrogens with zero attached hydrogens (tertiary/aromatic N) is 3. The molecule has 0 amide bonds. The number of nitrogens with one attached hydrogen (secondary N) is 1. The van der Waals surface area contributed by atoms with E-state index in [9.17, 15) is 4.39 Å². The van der Waals surface area contributed by atoms with Gasteiger partial charge in [0.25, 0.3) is 0 Å². The fraction of sp³-hybridized carbons (Fsp3) is 0.462. The van der Waals surface area contributed by atoms with E-state index < -0.39 is 5.82 Å². The highest BCUT2D eigenvalue weighted by Crippen LogP contribution is 2.43. The van der Waals surface area contributed by atoms with Crippen molar-refractivity contribution in [2.24, 2.45) is 17.8 Å². The van der Waals surface area contributed by atoms with Crippen molar-refractivity contribution < 1.29 is 13.9 Å². The topological polar surface area (TPSA) is 59.5 Å². The first-order valence-corrected chi connectivity index (χ1v) is 13.1. The van der Waals surface area contributed by atoms with Crippen molar-refractivity contribution in [2.75, 3.05) is 32.1 Å². The minimum absolute atomic E-state index is 0. The first-order valence-electron chi connectivity index (χ1n) is 11.9. The maximum absolute atomic E-state index is 14.6. The van der Waals surface area contributed by atoms with E-state index >= 15 is 0 Å². The lowest BCUT2D eigenvalue weighted by atomic mass is 10.0. The highest BCUT2D eigenvalue weighted by molar-refractivity contribution is 9.10. The van der Waals surface area contributed by atoms with Crippen LogP contribution in [0.2, 0.25) is 5.02 Å². The molecule has 3 atom stereocenters. The van der Waals surface area contributed by atoms with Gasteiger partial charge in [0.2, 0.25) is 0 Å². The molecule has 194 valence electrons. The number of hydrogen-bond acceptors (Lipinski definition) is 6. The first-order chi connectivity index (χ1) is 16.8. The van der Waals surface area contributed by atoms with Crippen LogP contribution in [-0.2, 0) is 0 Å². The molecular weight excluding hydrogens is 570 g/mol. The lowest BCUT2D eigenvalue weighted by Crippen LogP contribution is -2.29. The summed E-state index contributed by atoms with van der Waals surface area (Å²) in [7, 11) is 1.61. The van der Waals surface area contributed by atoms with Gasteiger partial charge in [-0.25, -0.2) is 14.4 Å². The summed E-state index contributed by atoms with van der Waals surface area (Å²) in [5, 5.41) is 3.74. The molecule has 0 bridgehead atoms. The van der Waals surface area contributed by atoms with Gasteiger partial charge in [-0.05, 0) is 78.6 Å². The second-order valence-electron chi connectivity index (χ2n) is 9.81. The summed E-state index contributed by atoms with van der Waals surface area (Å²) in [6.07, 6.45) is 3.86. The SMILES string of the molecule is COc1cc2c(Nc3ccc(Br)c(Cl)c3F)ncnc2cc1OC[C@H]1C[C@@H]2CN(C(C)C)C[C@@H]2C1.Cl. The van der Waals surface area contributed by atoms with Gasteiger partial charge in [0.1, 0.15) is 12.1 Å². The van der Waals surface area contributed by atoms with Crippen LogP contribution in [0, 0.1) is 23.6 Å². The first kappa shape index (κ1) is 27.2. The lowest BCUT2D eigenvalue weighted by Gasteiger charge is -2.22. The zero-order valence-electron chi connectivity index (χ0n) is 20.4. The summed E-state index contributed by atoms with van der Waals surface area (Å²) in [6, 6.07) is 7.60. The zero-order chi connectivity index (χ0) is 24.7. The largest absolute Gasteiger partial charge is 0.493 e. The number of benzene rings is 2. The van der Waals surface area contributed by atoms with Crippen LogP contribution < -0.4 is 14.8 Å². The second kappa shape index (κ2) is 11.3. The highest BCUT2D eigenvalue weighted by atomic mass is 79.9. The summed E-state index contributed by atoms with van der Waals surface area (Å²) in [6.45, 7) is 7.63. The van der Waals surface area contributed by atoms with E-state index in [-0.39, 0.29) is 23.1 Å². The summed E-state index contributed by atoms with van der Waals surface area (Å²) in [5.74, 6) is 3.24. The lowest BCUT2D eigenvalue weighted by molar-refractivity contribution is 0.209. The van der Waals surface area contributed by atoms with E-state index in [1.54, 1.807) is 19.2 Å². The smallest absolute Gasteiger partial charge is 0.166 e. The van der Waals surface area contributed by atoms with E-state index in [4.69, 9.17) is 21.1 Å². The average molecular weight is 600 g/mol. The molecular formula is C26H30BrCl2FN4O2. The predicted molar refractivity (Wildman–Crippen MR) is 148 cm³/mol. The van der Waals surface area contributed by atoms with Crippen molar-refractivity contribution in [2.45, 2.75) is 32.7 Å². The molecule has 6 nitrogen and oxygen atoms in total. The number of aromatic nitrogens is 2.